The van der Waals surface area contributed by atoms with Crippen LogP contribution in [0, 0.1) is 5.82 Å². The number of hydrogen-bond acceptors (Lipinski definition) is 3. The zero-order valence-electron chi connectivity index (χ0n) is 11.3. The minimum absolute atomic E-state index is 0.212. The third-order valence-electron chi connectivity index (χ3n) is 3.85. The maximum absolute atomic E-state index is 13.1. The molecule has 2 aromatic rings. The first-order chi connectivity index (χ1) is 9.13. The van der Waals surface area contributed by atoms with Crippen molar-refractivity contribution in [3.05, 3.63) is 36.1 Å². The number of fused-ring (bicyclic) bond motifs is 1. The largest absolute Gasteiger partial charge is 0.355 e. The number of hydrogen-bond donors (Lipinski definition) is 0. The monoisotopic (exact) mass is 259 g/mol. The van der Waals surface area contributed by atoms with Crippen molar-refractivity contribution < 1.29 is 4.39 Å². The van der Waals surface area contributed by atoms with Crippen molar-refractivity contribution in [3.8, 4) is 0 Å². The first-order valence-corrected chi connectivity index (χ1v) is 6.61. The van der Waals surface area contributed by atoms with Gasteiger partial charge in [-0.05, 0) is 50.8 Å². The molecule has 2 heterocycles. The van der Waals surface area contributed by atoms with Gasteiger partial charge in [-0.3, -0.25) is 0 Å². The van der Waals surface area contributed by atoms with Crippen LogP contribution in [0.2, 0.25) is 0 Å². The van der Waals surface area contributed by atoms with E-state index in [-0.39, 0.29) is 5.82 Å². The Morgan fingerprint density at radius 1 is 1.26 bits per heavy atom. The van der Waals surface area contributed by atoms with Crippen molar-refractivity contribution >= 4 is 16.7 Å². The highest BCUT2D eigenvalue weighted by Crippen LogP contribution is 2.23. The van der Waals surface area contributed by atoms with Gasteiger partial charge in [0.25, 0.3) is 0 Å². The van der Waals surface area contributed by atoms with E-state index in [0.717, 1.165) is 36.2 Å². The van der Waals surface area contributed by atoms with Gasteiger partial charge in [0.05, 0.1) is 5.52 Å². The van der Waals surface area contributed by atoms with Gasteiger partial charge in [-0.2, -0.15) is 0 Å². The van der Waals surface area contributed by atoms with Crippen LogP contribution in [0.15, 0.2) is 30.3 Å². The molecule has 1 unspecified atom stereocenters. The summed E-state index contributed by atoms with van der Waals surface area (Å²) in [6.07, 6.45) is 1.16. The van der Waals surface area contributed by atoms with Gasteiger partial charge in [0.2, 0.25) is 0 Å². The summed E-state index contributed by atoms with van der Waals surface area (Å²) in [6.45, 7) is 2.04. The van der Waals surface area contributed by atoms with E-state index in [9.17, 15) is 4.39 Å². The fourth-order valence-electron chi connectivity index (χ4n) is 2.63. The zero-order valence-corrected chi connectivity index (χ0v) is 11.3. The van der Waals surface area contributed by atoms with Crippen LogP contribution in [0.5, 0.6) is 0 Å². The van der Waals surface area contributed by atoms with Gasteiger partial charge in [0.15, 0.2) is 0 Å². The van der Waals surface area contributed by atoms with Crippen LogP contribution in [0.4, 0.5) is 10.2 Å². The molecule has 1 aromatic carbocycles. The maximum Gasteiger partial charge on any atom is 0.129 e. The highest BCUT2D eigenvalue weighted by Gasteiger charge is 2.24. The van der Waals surface area contributed by atoms with Crippen LogP contribution in [0.25, 0.3) is 10.9 Å². The predicted molar refractivity (Wildman–Crippen MR) is 76.0 cm³/mol. The van der Waals surface area contributed by atoms with Crippen LogP contribution in [-0.2, 0) is 0 Å². The Kier molecular flexibility index (Phi) is 3.11. The normalized spacial score (nSPS) is 19.6. The summed E-state index contributed by atoms with van der Waals surface area (Å²) < 4.78 is 13.1. The van der Waals surface area contributed by atoms with E-state index < -0.39 is 0 Å². The Morgan fingerprint density at radius 3 is 2.84 bits per heavy atom. The van der Waals surface area contributed by atoms with Gasteiger partial charge in [-0.15, -0.1) is 0 Å². The van der Waals surface area contributed by atoms with E-state index in [4.69, 9.17) is 0 Å². The molecule has 1 aliphatic heterocycles. The molecule has 0 spiro atoms. The summed E-state index contributed by atoms with van der Waals surface area (Å²) in [7, 11) is 4.23. The lowest BCUT2D eigenvalue weighted by Crippen LogP contribution is -2.31. The van der Waals surface area contributed by atoms with Gasteiger partial charge >= 0.3 is 0 Å². The van der Waals surface area contributed by atoms with Crippen LogP contribution in [-0.4, -0.2) is 43.1 Å². The SMILES string of the molecule is CN(C)C1CCN(c2ccc3cc(F)ccc3n2)C1. The molecule has 1 saturated heterocycles. The molecule has 0 N–H and O–H groups in total. The first-order valence-electron chi connectivity index (χ1n) is 6.61. The summed E-state index contributed by atoms with van der Waals surface area (Å²) in [4.78, 5) is 9.19. The van der Waals surface area contributed by atoms with Crippen LogP contribution >= 0.6 is 0 Å². The molecule has 19 heavy (non-hydrogen) atoms. The van der Waals surface area contributed by atoms with Crippen LogP contribution in [0.3, 0.4) is 0 Å². The molecule has 1 fully saturated rings. The van der Waals surface area contributed by atoms with E-state index >= 15 is 0 Å². The second kappa shape index (κ2) is 4.78. The van der Waals surface area contributed by atoms with Crippen molar-refractivity contribution in [2.24, 2.45) is 0 Å². The zero-order chi connectivity index (χ0) is 13.4. The smallest absolute Gasteiger partial charge is 0.129 e. The third kappa shape index (κ3) is 2.40. The average molecular weight is 259 g/mol. The number of likely N-dealkylation sites (N-methyl/N-ethyl adjacent to an activating group) is 1. The van der Waals surface area contributed by atoms with E-state index in [1.807, 2.05) is 12.1 Å². The molecule has 1 aromatic heterocycles. The van der Waals surface area contributed by atoms with E-state index in [0.29, 0.717) is 6.04 Å². The minimum atomic E-state index is -0.212. The number of nitrogens with zero attached hydrogens (tertiary/aromatic N) is 3. The molecule has 0 aliphatic carbocycles. The van der Waals surface area contributed by atoms with Crippen LogP contribution < -0.4 is 4.90 Å². The minimum Gasteiger partial charge on any atom is -0.355 e. The fourth-order valence-corrected chi connectivity index (χ4v) is 2.63. The van der Waals surface area contributed by atoms with Gasteiger partial charge < -0.3 is 9.80 Å². The maximum atomic E-state index is 13.1. The van der Waals surface area contributed by atoms with Crippen molar-refractivity contribution in [1.29, 1.82) is 0 Å². The lowest BCUT2D eigenvalue weighted by Gasteiger charge is -2.21. The molecule has 3 rings (SSSR count). The summed E-state index contributed by atoms with van der Waals surface area (Å²) >= 11 is 0. The molecule has 0 bridgehead atoms. The summed E-state index contributed by atoms with van der Waals surface area (Å²) in [5.41, 5.74) is 0.854. The van der Waals surface area contributed by atoms with Gasteiger partial charge in [-0.25, -0.2) is 9.37 Å². The Labute approximate surface area is 112 Å². The summed E-state index contributed by atoms with van der Waals surface area (Å²) in [5, 5.41) is 0.854. The van der Waals surface area contributed by atoms with Gasteiger partial charge in [0, 0.05) is 24.5 Å². The summed E-state index contributed by atoms with van der Waals surface area (Å²) in [6, 6.07) is 9.26. The number of anilines is 1. The second-order valence-electron chi connectivity index (χ2n) is 5.36. The second-order valence-corrected chi connectivity index (χ2v) is 5.36. The van der Waals surface area contributed by atoms with E-state index in [2.05, 4.69) is 28.9 Å². The molecule has 0 radical (unpaired) electrons. The number of aromatic nitrogens is 1. The standard InChI is InChI=1S/C15H18FN3/c1-18(2)13-7-8-19(10-13)15-6-3-11-9-12(16)4-5-14(11)17-15/h3-6,9,13H,7-8,10H2,1-2H3. The molecule has 0 amide bonds. The van der Waals surface area contributed by atoms with Crippen molar-refractivity contribution in [1.82, 2.24) is 9.88 Å². The van der Waals surface area contributed by atoms with Gasteiger partial charge in [-0.1, -0.05) is 0 Å². The van der Waals surface area contributed by atoms with Crippen molar-refractivity contribution in [2.75, 3.05) is 32.1 Å². The van der Waals surface area contributed by atoms with Gasteiger partial charge in [0.1, 0.15) is 11.6 Å². The molecular weight excluding hydrogens is 241 g/mol. The van der Waals surface area contributed by atoms with Crippen molar-refractivity contribution in [2.45, 2.75) is 12.5 Å². The highest BCUT2D eigenvalue weighted by atomic mass is 19.1. The third-order valence-corrected chi connectivity index (χ3v) is 3.85. The fraction of sp³-hybridized carbons (Fsp3) is 0.400. The average Bonchev–Trinajstić information content (AvgIpc) is 2.88. The molecule has 1 aliphatic rings. The molecular formula is C15H18FN3. The number of benzene rings is 1. The molecule has 3 nitrogen and oxygen atoms in total. The Hall–Kier alpha value is -1.68. The quantitative estimate of drug-likeness (QED) is 0.826. The van der Waals surface area contributed by atoms with E-state index in [1.54, 1.807) is 6.07 Å². The predicted octanol–water partition coefficient (Wildman–Crippen LogP) is 2.51. The Balaban J connectivity index is 1.88. The lowest BCUT2D eigenvalue weighted by molar-refractivity contribution is 0.315. The number of rotatable bonds is 2. The number of pyridine rings is 1. The topological polar surface area (TPSA) is 19.4 Å². The molecule has 1 atom stereocenters. The molecule has 4 heteroatoms. The Bertz CT molecular complexity index is 597. The first kappa shape index (κ1) is 12.4. The number of halogens is 1. The lowest BCUT2D eigenvalue weighted by atomic mass is 10.2. The van der Waals surface area contributed by atoms with Crippen molar-refractivity contribution in [3.63, 3.8) is 0 Å². The molecule has 0 saturated carbocycles. The van der Waals surface area contributed by atoms with E-state index in [1.165, 1.54) is 12.1 Å². The Morgan fingerprint density at radius 2 is 2.11 bits per heavy atom. The highest BCUT2D eigenvalue weighted by molar-refractivity contribution is 5.80. The summed E-state index contributed by atoms with van der Waals surface area (Å²) in [5.74, 6) is 0.777. The van der Waals surface area contributed by atoms with Crippen LogP contribution in [0.1, 0.15) is 6.42 Å². The molecule has 100 valence electrons.